The number of rotatable bonds is 6. The molecule has 2 aliphatic carbocycles. The van der Waals surface area contributed by atoms with Crippen molar-refractivity contribution in [3.05, 3.63) is 204 Å². The van der Waals surface area contributed by atoms with Crippen LogP contribution in [0.15, 0.2) is 186 Å². The summed E-state index contributed by atoms with van der Waals surface area (Å²) < 4.78 is 6.61. The number of nitrogens with zero attached hydrogens (tertiary/aromatic N) is 2. The van der Waals surface area contributed by atoms with Crippen molar-refractivity contribution in [3.8, 4) is 22.3 Å². The van der Waals surface area contributed by atoms with Crippen LogP contribution in [0.5, 0.6) is 0 Å². The van der Waals surface area contributed by atoms with Crippen LogP contribution in [0.1, 0.15) is 49.9 Å². The zero-order valence-electron chi connectivity index (χ0n) is 32.6. The van der Waals surface area contributed by atoms with Crippen LogP contribution in [0, 0.1) is 0 Å². The minimum atomic E-state index is -0.256. The van der Waals surface area contributed by atoms with Crippen LogP contribution in [0.25, 0.3) is 44.2 Å². The van der Waals surface area contributed by atoms with E-state index in [0.717, 1.165) is 56.1 Å². The molecule has 0 unspecified atom stereocenters. The molecule has 11 rings (SSSR count). The highest BCUT2D eigenvalue weighted by Gasteiger charge is 2.38. The molecule has 0 aliphatic heterocycles. The second kappa shape index (κ2) is 12.3. The monoisotopic (exact) mass is 734 g/mol. The molecule has 1 heterocycles. The van der Waals surface area contributed by atoms with E-state index in [1.807, 2.05) is 6.07 Å². The van der Waals surface area contributed by atoms with Crippen LogP contribution in [0.4, 0.5) is 34.1 Å². The van der Waals surface area contributed by atoms with Crippen LogP contribution in [0.2, 0.25) is 0 Å². The Labute approximate surface area is 334 Å². The summed E-state index contributed by atoms with van der Waals surface area (Å²) in [4.78, 5) is 4.77. The average molecular weight is 735 g/mol. The summed E-state index contributed by atoms with van der Waals surface area (Å²) in [5.74, 6) is 0. The maximum atomic E-state index is 6.61. The topological polar surface area (TPSA) is 19.6 Å². The Morgan fingerprint density at radius 1 is 0.351 bits per heavy atom. The lowest BCUT2D eigenvalue weighted by Crippen LogP contribution is -2.18. The smallest absolute Gasteiger partial charge is 0.159 e. The maximum Gasteiger partial charge on any atom is 0.159 e. The summed E-state index contributed by atoms with van der Waals surface area (Å²) >= 11 is 0. The summed E-state index contributed by atoms with van der Waals surface area (Å²) in [6.07, 6.45) is 0. The minimum absolute atomic E-state index is 0.0901. The predicted octanol–water partition coefficient (Wildman–Crippen LogP) is 15.1. The first kappa shape index (κ1) is 33.5. The number of hydrogen-bond acceptors (Lipinski definition) is 3. The number of furan rings is 1. The molecular formula is C54H42N2O. The van der Waals surface area contributed by atoms with E-state index in [-0.39, 0.29) is 10.8 Å². The average Bonchev–Trinajstić information content (AvgIpc) is 3.82. The molecule has 9 aromatic rings. The van der Waals surface area contributed by atoms with Gasteiger partial charge in [-0.25, -0.2) is 0 Å². The molecule has 57 heavy (non-hydrogen) atoms. The van der Waals surface area contributed by atoms with E-state index in [1.54, 1.807) is 0 Å². The fraction of sp³-hybridized carbons (Fsp3) is 0.111. The molecule has 0 atom stereocenters. The molecule has 0 N–H and O–H groups in total. The normalized spacial score (nSPS) is 14.2. The fourth-order valence-electron chi connectivity index (χ4n) is 9.76. The summed E-state index contributed by atoms with van der Waals surface area (Å²) in [6, 6.07) is 66.2. The van der Waals surface area contributed by atoms with Crippen molar-refractivity contribution in [2.24, 2.45) is 0 Å². The first-order valence-corrected chi connectivity index (χ1v) is 19.9. The third kappa shape index (κ3) is 4.98. The molecule has 0 amide bonds. The third-order valence-electron chi connectivity index (χ3n) is 12.6. The molecule has 2 aliphatic rings. The van der Waals surface area contributed by atoms with Crippen LogP contribution in [-0.2, 0) is 10.8 Å². The second-order valence-corrected chi connectivity index (χ2v) is 16.6. The summed E-state index contributed by atoms with van der Waals surface area (Å²) in [6.45, 7) is 9.46. The molecule has 274 valence electrons. The Balaban J connectivity index is 1.03. The molecular weight excluding hydrogens is 693 g/mol. The van der Waals surface area contributed by atoms with Crippen molar-refractivity contribution in [1.82, 2.24) is 0 Å². The first-order valence-electron chi connectivity index (χ1n) is 19.9. The van der Waals surface area contributed by atoms with Gasteiger partial charge < -0.3 is 14.2 Å². The quantitative estimate of drug-likeness (QED) is 0.170. The largest absolute Gasteiger partial charge is 0.454 e. The van der Waals surface area contributed by atoms with Crippen molar-refractivity contribution in [2.45, 2.75) is 38.5 Å². The van der Waals surface area contributed by atoms with Gasteiger partial charge in [-0.1, -0.05) is 137 Å². The standard InChI is InChI=1S/C54H42N2O/c1-53(2)46-23-13-11-20-40(46)41-29-26-37(32-47(41)53)55(35-16-7-5-8-17-35)38-27-30-42-43-31-28-39(34-49(43)54(3,4)48(42)33-38)56(36-18-9-6-10-19-36)50-24-15-22-45-44-21-12-14-25-51(44)57-52(45)50/h5-34H,1-4H3. The summed E-state index contributed by atoms with van der Waals surface area (Å²) in [7, 11) is 0. The summed E-state index contributed by atoms with van der Waals surface area (Å²) in [5, 5.41) is 2.24. The van der Waals surface area contributed by atoms with E-state index in [4.69, 9.17) is 4.42 Å². The van der Waals surface area contributed by atoms with Crippen molar-refractivity contribution >= 4 is 56.1 Å². The van der Waals surface area contributed by atoms with E-state index in [1.165, 1.54) is 44.5 Å². The van der Waals surface area contributed by atoms with E-state index < -0.39 is 0 Å². The molecule has 3 nitrogen and oxygen atoms in total. The van der Waals surface area contributed by atoms with Crippen LogP contribution in [-0.4, -0.2) is 0 Å². The van der Waals surface area contributed by atoms with Crippen molar-refractivity contribution in [3.63, 3.8) is 0 Å². The SMILES string of the molecule is CC1(C)c2ccccc2-c2ccc(N(c3ccccc3)c3ccc4c(c3)C(C)(C)c3cc(N(c5ccccc5)c5cccc6c5oc5ccccc56)ccc3-4)cc21. The number of anilines is 6. The van der Waals surface area contributed by atoms with Gasteiger partial charge in [0.1, 0.15) is 5.58 Å². The zero-order valence-corrected chi connectivity index (χ0v) is 32.6. The Morgan fingerprint density at radius 3 is 1.42 bits per heavy atom. The number of benzene rings is 8. The van der Waals surface area contributed by atoms with Crippen molar-refractivity contribution < 1.29 is 4.42 Å². The molecule has 0 fully saturated rings. The van der Waals surface area contributed by atoms with Gasteiger partial charge in [0.25, 0.3) is 0 Å². The van der Waals surface area contributed by atoms with Gasteiger partial charge in [-0.15, -0.1) is 0 Å². The number of fused-ring (bicyclic) bond motifs is 9. The lowest BCUT2D eigenvalue weighted by molar-refractivity contribution is 0.660. The number of hydrogen-bond donors (Lipinski definition) is 0. The molecule has 0 bridgehead atoms. The van der Waals surface area contributed by atoms with Gasteiger partial charge >= 0.3 is 0 Å². The Kier molecular flexibility index (Phi) is 7.25. The molecule has 0 saturated carbocycles. The lowest BCUT2D eigenvalue weighted by Gasteiger charge is -2.30. The van der Waals surface area contributed by atoms with Gasteiger partial charge in [0.2, 0.25) is 0 Å². The highest BCUT2D eigenvalue weighted by atomic mass is 16.3. The van der Waals surface area contributed by atoms with Crippen LogP contribution >= 0.6 is 0 Å². The van der Waals surface area contributed by atoms with Gasteiger partial charge in [-0.05, 0) is 117 Å². The van der Waals surface area contributed by atoms with E-state index >= 15 is 0 Å². The fourth-order valence-corrected chi connectivity index (χ4v) is 9.76. The van der Waals surface area contributed by atoms with E-state index in [2.05, 4.69) is 213 Å². The molecule has 0 spiro atoms. The van der Waals surface area contributed by atoms with Crippen molar-refractivity contribution in [1.29, 1.82) is 0 Å². The van der Waals surface area contributed by atoms with Gasteiger partial charge in [0, 0.05) is 50.0 Å². The Morgan fingerprint density at radius 2 is 0.807 bits per heavy atom. The minimum Gasteiger partial charge on any atom is -0.454 e. The van der Waals surface area contributed by atoms with Gasteiger partial charge in [-0.2, -0.15) is 0 Å². The molecule has 8 aromatic carbocycles. The highest BCUT2D eigenvalue weighted by molar-refractivity contribution is 6.10. The van der Waals surface area contributed by atoms with Gasteiger partial charge in [0.15, 0.2) is 5.58 Å². The lowest BCUT2D eigenvalue weighted by atomic mass is 9.82. The van der Waals surface area contributed by atoms with E-state index in [0.29, 0.717) is 0 Å². The molecule has 0 saturated heterocycles. The zero-order chi connectivity index (χ0) is 38.5. The second-order valence-electron chi connectivity index (χ2n) is 16.6. The Bertz CT molecular complexity index is 3030. The molecule has 1 aromatic heterocycles. The van der Waals surface area contributed by atoms with E-state index in [9.17, 15) is 0 Å². The van der Waals surface area contributed by atoms with Gasteiger partial charge in [0.05, 0.1) is 5.69 Å². The molecule has 3 heteroatoms. The summed E-state index contributed by atoms with van der Waals surface area (Å²) in [5.41, 5.74) is 18.7. The van der Waals surface area contributed by atoms with Gasteiger partial charge in [-0.3, -0.25) is 0 Å². The maximum absolute atomic E-state index is 6.61. The van der Waals surface area contributed by atoms with Crippen LogP contribution in [0.3, 0.4) is 0 Å². The highest BCUT2D eigenvalue weighted by Crippen LogP contribution is 2.54. The Hall–Kier alpha value is -6.84. The molecule has 0 radical (unpaired) electrons. The first-order chi connectivity index (χ1) is 27.8. The third-order valence-corrected chi connectivity index (χ3v) is 12.6. The predicted molar refractivity (Wildman–Crippen MR) is 238 cm³/mol. The van der Waals surface area contributed by atoms with Crippen molar-refractivity contribution in [2.75, 3.05) is 9.80 Å². The number of para-hydroxylation sites is 4. The van der Waals surface area contributed by atoms with Crippen LogP contribution < -0.4 is 9.80 Å².